The number of para-hydroxylation sites is 1. The molecular formula is C16H17ClN2S. The van der Waals surface area contributed by atoms with Crippen LogP contribution < -0.4 is 10.6 Å². The summed E-state index contributed by atoms with van der Waals surface area (Å²) in [4.78, 5) is 0. The van der Waals surface area contributed by atoms with E-state index in [1.54, 1.807) is 0 Å². The molecule has 104 valence electrons. The highest BCUT2D eigenvalue weighted by atomic mass is 35.5. The average Bonchev–Trinajstić information content (AvgIpc) is 2.48. The number of rotatable bonds is 4. The van der Waals surface area contributed by atoms with E-state index < -0.39 is 0 Å². The molecule has 2 aromatic carbocycles. The van der Waals surface area contributed by atoms with E-state index in [1.165, 1.54) is 5.56 Å². The normalized spacial score (nSPS) is 11.7. The third-order valence-electron chi connectivity index (χ3n) is 3.04. The second-order valence-electron chi connectivity index (χ2n) is 4.45. The summed E-state index contributed by atoms with van der Waals surface area (Å²) in [6, 6.07) is 18.0. The van der Waals surface area contributed by atoms with Crippen LogP contribution >= 0.6 is 23.8 Å². The molecule has 0 fully saturated rings. The van der Waals surface area contributed by atoms with E-state index in [2.05, 4.69) is 29.7 Å². The standard InChI is InChI=1S/C16H17ClN2S/c1-2-14(12-8-4-3-5-9-12)18-16(20)19-15-11-7-6-10-13(15)17/h3-11,14H,2H2,1H3,(H2,18,19,20). The van der Waals surface area contributed by atoms with Crippen LogP contribution in [0.4, 0.5) is 5.69 Å². The van der Waals surface area contributed by atoms with Gasteiger partial charge in [-0.15, -0.1) is 0 Å². The van der Waals surface area contributed by atoms with Crippen molar-refractivity contribution in [3.63, 3.8) is 0 Å². The maximum absolute atomic E-state index is 6.11. The summed E-state index contributed by atoms with van der Waals surface area (Å²) in [5.74, 6) is 0. The minimum absolute atomic E-state index is 0.193. The number of nitrogens with one attached hydrogen (secondary N) is 2. The molecule has 2 aromatic rings. The largest absolute Gasteiger partial charge is 0.356 e. The van der Waals surface area contributed by atoms with Gasteiger partial charge in [0.1, 0.15) is 0 Å². The van der Waals surface area contributed by atoms with Crippen LogP contribution in [-0.4, -0.2) is 5.11 Å². The van der Waals surface area contributed by atoms with Gasteiger partial charge in [-0.05, 0) is 36.3 Å². The van der Waals surface area contributed by atoms with Gasteiger partial charge in [-0.1, -0.05) is 61.0 Å². The van der Waals surface area contributed by atoms with Gasteiger partial charge in [-0.2, -0.15) is 0 Å². The van der Waals surface area contributed by atoms with Crippen LogP contribution in [0, 0.1) is 0 Å². The Morgan fingerprint density at radius 3 is 2.40 bits per heavy atom. The highest BCUT2D eigenvalue weighted by molar-refractivity contribution is 7.80. The number of hydrogen-bond acceptors (Lipinski definition) is 1. The molecule has 0 spiro atoms. The van der Waals surface area contributed by atoms with Crippen molar-refractivity contribution in [3.05, 3.63) is 65.2 Å². The van der Waals surface area contributed by atoms with E-state index in [1.807, 2.05) is 42.5 Å². The molecule has 0 radical (unpaired) electrons. The van der Waals surface area contributed by atoms with Crippen molar-refractivity contribution in [2.75, 3.05) is 5.32 Å². The topological polar surface area (TPSA) is 24.1 Å². The second-order valence-corrected chi connectivity index (χ2v) is 5.27. The Kier molecular flexibility index (Phi) is 5.39. The zero-order valence-corrected chi connectivity index (χ0v) is 12.8. The number of benzene rings is 2. The molecule has 0 aliphatic heterocycles. The van der Waals surface area contributed by atoms with E-state index in [-0.39, 0.29) is 6.04 Å². The molecule has 2 nitrogen and oxygen atoms in total. The van der Waals surface area contributed by atoms with Crippen LogP contribution in [-0.2, 0) is 0 Å². The van der Waals surface area contributed by atoms with Crippen LogP contribution in [0.3, 0.4) is 0 Å². The minimum Gasteiger partial charge on any atom is -0.356 e. The summed E-state index contributed by atoms with van der Waals surface area (Å²) < 4.78 is 0. The highest BCUT2D eigenvalue weighted by Gasteiger charge is 2.10. The van der Waals surface area contributed by atoms with Gasteiger partial charge < -0.3 is 10.6 Å². The van der Waals surface area contributed by atoms with Gasteiger partial charge in [-0.25, -0.2) is 0 Å². The lowest BCUT2D eigenvalue weighted by Crippen LogP contribution is -2.32. The predicted molar refractivity (Wildman–Crippen MR) is 90.3 cm³/mol. The molecule has 4 heteroatoms. The maximum atomic E-state index is 6.11. The van der Waals surface area contributed by atoms with Crippen molar-refractivity contribution in [1.82, 2.24) is 5.32 Å². The third kappa shape index (κ3) is 3.95. The fourth-order valence-electron chi connectivity index (χ4n) is 1.99. The first-order valence-corrected chi connectivity index (χ1v) is 7.36. The van der Waals surface area contributed by atoms with Gasteiger partial charge in [0, 0.05) is 0 Å². The van der Waals surface area contributed by atoms with Crippen LogP contribution in [0.5, 0.6) is 0 Å². The molecule has 1 unspecified atom stereocenters. The van der Waals surface area contributed by atoms with Crippen LogP contribution in [0.25, 0.3) is 0 Å². The summed E-state index contributed by atoms with van der Waals surface area (Å²) in [5, 5.41) is 7.69. The smallest absolute Gasteiger partial charge is 0.171 e. The summed E-state index contributed by atoms with van der Waals surface area (Å²) in [6.45, 7) is 2.13. The lowest BCUT2D eigenvalue weighted by atomic mass is 10.1. The molecular weight excluding hydrogens is 288 g/mol. The molecule has 0 aliphatic carbocycles. The van der Waals surface area contributed by atoms with Crippen LogP contribution in [0.15, 0.2) is 54.6 Å². The molecule has 20 heavy (non-hydrogen) atoms. The molecule has 0 saturated heterocycles. The van der Waals surface area contributed by atoms with Crippen molar-refractivity contribution in [2.45, 2.75) is 19.4 Å². The lowest BCUT2D eigenvalue weighted by molar-refractivity contribution is 0.629. The molecule has 1 atom stereocenters. The second kappa shape index (κ2) is 7.27. The Hall–Kier alpha value is -1.58. The molecule has 0 heterocycles. The average molecular weight is 305 g/mol. The van der Waals surface area contributed by atoms with Crippen molar-refractivity contribution in [1.29, 1.82) is 0 Å². The molecule has 0 aliphatic rings. The van der Waals surface area contributed by atoms with Gasteiger partial charge in [0.05, 0.1) is 16.8 Å². The number of halogens is 1. The Morgan fingerprint density at radius 2 is 1.75 bits per heavy atom. The molecule has 2 N–H and O–H groups in total. The molecule has 0 saturated carbocycles. The fraction of sp³-hybridized carbons (Fsp3) is 0.188. The predicted octanol–water partition coefficient (Wildman–Crippen LogP) is 4.78. The van der Waals surface area contributed by atoms with E-state index in [9.17, 15) is 0 Å². The zero-order valence-electron chi connectivity index (χ0n) is 11.3. The van der Waals surface area contributed by atoms with Crippen LogP contribution in [0.2, 0.25) is 5.02 Å². The van der Waals surface area contributed by atoms with Crippen molar-refractivity contribution in [3.8, 4) is 0 Å². The third-order valence-corrected chi connectivity index (χ3v) is 3.59. The highest BCUT2D eigenvalue weighted by Crippen LogP contribution is 2.21. The first-order chi connectivity index (χ1) is 9.70. The van der Waals surface area contributed by atoms with Crippen molar-refractivity contribution < 1.29 is 0 Å². The van der Waals surface area contributed by atoms with Gasteiger partial charge in [0.25, 0.3) is 0 Å². The Labute approximate surface area is 130 Å². The zero-order chi connectivity index (χ0) is 14.4. The van der Waals surface area contributed by atoms with E-state index >= 15 is 0 Å². The van der Waals surface area contributed by atoms with Crippen molar-refractivity contribution in [2.24, 2.45) is 0 Å². The minimum atomic E-state index is 0.193. The van der Waals surface area contributed by atoms with Gasteiger partial charge in [-0.3, -0.25) is 0 Å². The summed E-state index contributed by atoms with van der Waals surface area (Å²) >= 11 is 11.5. The van der Waals surface area contributed by atoms with E-state index in [0.717, 1.165) is 12.1 Å². The molecule has 0 aromatic heterocycles. The number of anilines is 1. The molecule has 0 amide bonds. The van der Waals surface area contributed by atoms with Crippen LogP contribution in [0.1, 0.15) is 24.9 Å². The van der Waals surface area contributed by atoms with Crippen molar-refractivity contribution >= 4 is 34.6 Å². The quantitative estimate of drug-likeness (QED) is 0.795. The fourth-order valence-corrected chi connectivity index (χ4v) is 2.42. The van der Waals surface area contributed by atoms with Gasteiger partial charge in [0.2, 0.25) is 0 Å². The summed E-state index contributed by atoms with van der Waals surface area (Å²) in [6.07, 6.45) is 0.953. The van der Waals surface area contributed by atoms with Gasteiger partial charge >= 0.3 is 0 Å². The summed E-state index contributed by atoms with van der Waals surface area (Å²) in [5.41, 5.74) is 2.04. The van der Waals surface area contributed by atoms with E-state index in [0.29, 0.717) is 10.1 Å². The monoisotopic (exact) mass is 304 g/mol. The molecule has 2 rings (SSSR count). The number of thiocarbonyl (C=S) groups is 1. The van der Waals surface area contributed by atoms with E-state index in [4.69, 9.17) is 23.8 Å². The first kappa shape index (κ1) is 14.8. The Balaban J connectivity index is 2.02. The molecule has 0 bridgehead atoms. The summed E-state index contributed by atoms with van der Waals surface area (Å²) in [7, 11) is 0. The lowest BCUT2D eigenvalue weighted by Gasteiger charge is -2.20. The first-order valence-electron chi connectivity index (χ1n) is 6.57. The Bertz CT molecular complexity index is 572. The number of hydrogen-bond donors (Lipinski definition) is 2. The maximum Gasteiger partial charge on any atom is 0.171 e. The SMILES string of the molecule is CCC(NC(=S)Nc1ccccc1Cl)c1ccccc1. The van der Waals surface area contributed by atoms with Gasteiger partial charge in [0.15, 0.2) is 5.11 Å². The Morgan fingerprint density at radius 1 is 1.10 bits per heavy atom.